The largest absolute Gasteiger partial charge is 0.493 e. The first-order chi connectivity index (χ1) is 12.0. The Morgan fingerprint density at radius 2 is 2.00 bits per heavy atom. The van der Waals surface area contributed by atoms with E-state index >= 15 is 0 Å². The van der Waals surface area contributed by atoms with E-state index in [2.05, 4.69) is 20.8 Å². The summed E-state index contributed by atoms with van der Waals surface area (Å²) in [6, 6.07) is 6.16. The maximum absolute atomic E-state index is 9.00. The molecule has 2 rings (SSSR count). The topological polar surface area (TPSA) is 119 Å². The van der Waals surface area contributed by atoms with E-state index in [0.717, 1.165) is 24.0 Å². The summed E-state index contributed by atoms with van der Waals surface area (Å²) >= 11 is 0. The number of carboxylic acids is 1. The molecule has 1 heterocycles. The molecule has 0 fully saturated rings. The molecular formula is C16H24N4O5. The van der Waals surface area contributed by atoms with Gasteiger partial charge in [0.25, 0.3) is 5.97 Å². The molecule has 1 aromatic carbocycles. The zero-order valence-electron chi connectivity index (χ0n) is 14.8. The molecule has 9 heteroatoms. The second-order valence-corrected chi connectivity index (χ2v) is 4.82. The third kappa shape index (κ3) is 7.53. The van der Waals surface area contributed by atoms with Crippen LogP contribution in [0.2, 0.25) is 0 Å². The van der Waals surface area contributed by atoms with Crippen molar-refractivity contribution >= 4 is 12.0 Å². The van der Waals surface area contributed by atoms with Gasteiger partial charge in [-0.05, 0) is 31.7 Å². The van der Waals surface area contributed by atoms with Crippen molar-refractivity contribution in [3.8, 4) is 11.5 Å². The van der Waals surface area contributed by atoms with E-state index in [0.29, 0.717) is 31.6 Å². The highest BCUT2D eigenvalue weighted by Crippen LogP contribution is 2.28. The maximum Gasteiger partial charge on any atom is 0.315 e. The zero-order chi connectivity index (χ0) is 18.7. The van der Waals surface area contributed by atoms with Gasteiger partial charge < -0.3 is 29.6 Å². The molecule has 0 unspecified atom stereocenters. The molecule has 0 aliphatic rings. The molecule has 138 valence electrons. The summed E-state index contributed by atoms with van der Waals surface area (Å²) in [5.74, 6) is 1.15. The minimum Gasteiger partial charge on any atom is -0.493 e. The second-order valence-electron chi connectivity index (χ2n) is 4.82. The quantitative estimate of drug-likeness (QED) is 0.654. The number of nitrogens with zero attached hydrogens (tertiary/aromatic N) is 2. The fourth-order valence-corrected chi connectivity index (χ4v) is 1.82. The molecule has 0 radical (unpaired) electrons. The highest BCUT2D eigenvalue weighted by atomic mass is 16.5. The number of aliphatic carboxylic acids is 1. The average molecular weight is 352 g/mol. The smallest absolute Gasteiger partial charge is 0.315 e. The molecule has 0 bridgehead atoms. The van der Waals surface area contributed by atoms with Crippen LogP contribution in [0.4, 0.5) is 6.01 Å². The predicted molar refractivity (Wildman–Crippen MR) is 91.9 cm³/mol. The Bertz CT molecular complexity index is 656. The summed E-state index contributed by atoms with van der Waals surface area (Å²) < 4.78 is 16.2. The van der Waals surface area contributed by atoms with Crippen molar-refractivity contribution in [1.29, 1.82) is 0 Å². The van der Waals surface area contributed by atoms with Crippen LogP contribution in [0.1, 0.15) is 25.3 Å². The summed E-state index contributed by atoms with van der Waals surface area (Å²) in [7, 11) is 3.45. The molecule has 25 heavy (non-hydrogen) atoms. The fourth-order valence-electron chi connectivity index (χ4n) is 1.82. The monoisotopic (exact) mass is 352 g/mol. The summed E-state index contributed by atoms with van der Waals surface area (Å²) in [5, 5.41) is 21.3. The van der Waals surface area contributed by atoms with Crippen molar-refractivity contribution in [1.82, 2.24) is 15.5 Å². The first kappa shape index (κ1) is 20.2. The van der Waals surface area contributed by atoms with Gasteiger partial charge in [-0.2, -0.15) is 0 Å². The zero-order valence-corrected chi connectivity index (χ0v) is 14.8. The number of hydrogen-bond donors (Lipinski definition) is 3. The normalized spacial score (nSPS) is 9.76. The van der Waals surface area contributed by atoms with Crippen LogP contribution >= 0.6 is 0 Å². The molecule has 0 atom stereocenters. The third-order valence-electron chi connectivity index (χ3n) is 2.77. The predicted octanol–water partition coefficient (Wildman–Crippen LogP) is 1.90. The maximum atomic E-state index is 9.00. The van der Waals surface area contributed by atoms with Crippen LogP contribution in [0.15, 0.2) is 22.6 Å². The van der Waals surface area contributed by atoms with Crippen LogP contribution in [-0.4, -0.2) is 42.0 Å². The van der Waals surface area contributed by atoms with Crippen molar-refractivity contribution in [2.45, 2.75) is 26.9 Å². The molecule has 0 aliphatic carbocycles. The third-order valence-corrected chi connectivity index (χ3v) is 2.77. The summed E-state index contributed by atoms with van der Waals surface area (Å²) in [5.41, 5.74) is 1.03. The van der Waals surface area contributed by atoms with E-state index in [4.69, 9.17) is 23.8 Å². The van der Waals surface area contributed by atoms with Gasteiger partial charge in [0, 0.05) is 13.5 Å². The van der Waals surface area contributed by atoms with Crippen LogP contribution in [0.3, 0.4) is 0 Å². The second kappa shape index (κ2) is 10.9. The van der Waals surface area contributed by atoms with Crippen molar-refractivity contribution in [2.75, 3.05) is 26.1 Å². The Balaban J connectivity index is 0.000000705. The molecule has 0 spiro atoms. The lowest BCUT2D eigenvalue weighted by atomic mass is 10.2. The van der Waals surface area contributed by atoms with Crippen molar-refractivity contribution in [3.05, 3.63) is 29.7 Å². The highest BCUT2D eigenvalue weighted by Gasteiger charge is 2.07. The van der Waals surface area contributed by atoms with Crippen LogP contribution < -0.4 is 20.1 Å². The summed E-state index contributed by atoms with van der Waals surface area (Å²) in [6.45, 7) is 4.72. The van der Waals surface area contributed by atoms with Gasteiger partial charge in [-0.3, -0.25) is 4.79 Å². The Labute approximate surface area is 146 Å². The van der Waals surface area contributed by atoms with Gasteiger partial charge in [-0.15, -0.1) is 5.10 Å². The van der Waals surface area contributed by atoms with E-state index < -0.39 is 5.97 Å². The van der Waals surface area contributed by atoms with E-state index in [1.807, 2.05) is 32.2 Å². The molecule has 1 aromatic heterocycles. The number of benzene rings is 1. The Kier molecular flexibility index (Phi) is 8.80. The van der Waals surface area contributed by atoms with Crippen LogP contribution in [0.5, 0.6) is 11.5 Å². The Hall–Kier alpha value is -2.81. The average Bonchev–Trinajstić information content (AvgIpc) is 3.01. The van der Waals surface area contributed by atoms with E-state index in [1.54, 1.807) is 7.11 Å². The van der Waals surface area contributed by atoms with Crippen molar-refractivity contribution < 1.29 is 23.8 Å². The van der Waals surface area contributed by atoms with Crippen molar-refractivity contribution in [3.63, 3.8) is 0 Å². The SMILES string of the molecule is CC(=O)O.CCOc1cc(CNc2nnc(CNC)o2)ccc1OC. The number of nitrogens with one attached hydrogen (secondary N) is 2. The molecule has 0 saturated carbocycles. The van der Waals surface area contributed by atoms with Crippen LogP contribution in [0.25, 0.3) is 0 Å². The van der Waals surface area contributed by atoms with E-state index in [1.165, 1.54) is 0 Å². The number of ether oxygens (including phenoxy) is 2. The first-order valence-corrected chi connectivity index (χ1v) is 7.70. The number of methoxy groups -OCH3 is 1. The number of rotatable bonds is 8. The van der Waals surface area contributed by atoms with Gasteiger partial charge in [0.2, 0.25) is 5.89 Å². The lowest BCUT2D eigenvalue weighted by Crippen LogP contribution is -2.04. The highest BCUT2D eigenvalue weighted by molar-refractivity contribution is 5.62. The number of carboxylic acid groups (broad SMARTS) is 1. The lowest BCUT2D eigenvalue weighted by molar-refractivity contribution is -0.134. The molecule has 3 N–H and O–H groups in total. The number of aromatic nitrogens is 2. The number of anilines is 1. The van der Waals surface area contributed by atoms with Gasteiger partial charge in [0.1, 0.15) is 0 Å². The van der Waals surface area contributed by atoms with Gasteiger partial charge in [-0.25, -0.2) is 0 Å². The van der Waals surface area contributed by atoms with Crippen LogP contribution in [0, 0.1) is 0 Å². The molecule has 9 nitrogen and oxygen atoms in total. The molecule has 0 amide bonds. The minimum atomic E-state index is -0.833. The summed E-state index contributed by atoms with van der Waals surface area (Å²) in [4.78, 5) is 9.00. The first-order valence-electron chi connectivity index (χ1n) is 7.70. The number of carbonyl (C=O) groups is 1. The molecule has 0 aliphatic heterocycles. The van der Waals surface area contributed by atoms with Crippen molar-refractivity contribution in [2.24, 2.45) is 0 Å². The number of hydrogen-bond acceptors (Lipinski definition) is 8. The molecule has 0 saturated heterocycles. The Morgan fingerprint density at radius 3 is 2.60 bits per heavy atom. The van der Waals surface area contributed by atoms with Gasteiger partial charge >= 0.3 is 6.01 Å². The molecular weight excluding hydrogens is 328 g/mol. The summed E-state index contributed by atoms with van der Waals surface area (Å²) in [6.07, 6.45) is 0. The Morgan fingerprint density at radius 1 is 1.28 bits per heavy atom. The van der Waals surface area contributed by atoms with E-state index in [-0.39, 0.29) is 0 Å². The van der Waals surface area contributed by atoms with E-state index in [9.17, 15) is 0 Å². The van der Waals surface area contributed by atoms with Gasteiger partial charge in [-0.1, -0.05) is 11.2 Å². The lowest BCUT2D eigenvalue weighted by Gasteiger charge is -2.11. The van der Waals surface area contributed by atoms with Gasteiger partial charge in [0.05, 0.1) is 20.3 Å². The van der Waals surface area contributed by atoms with Gasteiger partial charge in [0.15, 0.2) is 11.5 Å². The fraction of sp³-hybridized carbons (Fsp3) is 0.438. The van der Waals surface area contributed by atoms with Crippen LogP contribution in [-0.2, 0) is 17.9 Å². The molecule has 2 aromatic rings. The minimum absolute atomic E-state index is 0.397. The standard InChI is InChI=1S/C14H20N4O3.C2H4O2/c1-4-20-12-7-10(5-6-11(12)19-3)8-16-14-18-17-13(21-14)9-15-2;1-2(3)4/h5-7,15H,4,8-9H2,1-3H3,(H,16,18);1H3,(H,3,4).